The molecule has 4 aliphatic carbocycles. The van der Waals surface area contributed by atoms with Crippen LogP contribution in [-0.2, 0) is 16.0 Å². The third kappa shape index (κ3) is 3.00. The fourth-order valence-corrected chi connectivity index (χ4v) is 7.18. The first kappa shape index (κ1) is 18.6. The molecule has 1 heterocycles. The van der Waals surface area contributed by atoms with Crippen molar-refractivity contribution in [3.8, 4) is 0 Å². The molecule has 152 valence electrons. The highest BCUT2D eigenvalue weighted by Gasteiger charge is 2.60. The van der Waals surface area contributed by atoms with Crippen molar-refractivity contribution in [2.24, 2.45) is 23.2 Å². The van der Waals surface area contributed by atoms with Crippen LogP contribution in [0.2, 0.25) is 0 Å². The second-order valence-electron chi connectivity index (χ2n) is 10.1. The standard InChI is InChI=1S/C24H33NO3/c1-28-23-10-18-7-8-19(12-23)24(20(9-18)13-23,11-17-5-3-2-4-6-17)14-22(27)25-15-21(26)16-25/h2-6,18-21,26H,7-16H2,1H3/t18?,19?,20?,23-,24-/m1/s1. The topological polar surface area (TPSA) is 49.8 Å². The zero-order chi connectivity index (χ0) is 19.4. The minimum absolute atomic E-state index is 0.0379. The van der Waals surface area contributed by atoms with Gasteiger partial charge in [0, 0.05) is 26.6 Å². The van der Waals surface area contributed by atoms with E-state index >= 15 is 0 Å². The summed E-state index contributed by atoms with van der Waals surface area (Å²) in [7, 11) is 1.90. The Morgan fingerprint density at radius 2 is 1.89 bits per heavy atom. The minimum atomic E-state index is -0.327. The molecule has 1 aliphatic heterocycles. The first-order valence-corrected chi connectivity index (χ1v) is 11.1. The summed E-state index contributed by atoms with van der Waals surface area (Å²) in [6.45, 7) is 1.03. The third-order valence-corrected chi connectivity index (χ3v) is 8.57. The Bertz CT molecular complexity index is 727. The van der Waals surface area contributed by atoms with Crippen LogP contribution >= 0.6 is 0 Å². The predicted octanol–water partition coefficient (Wildman–Crippen LogP) is 3.42. The second kappa shape index (κ2) is 6.84. The normalized spacial score (nSPS) is 39.6. The maximum Gasteiger partial charge on any atom is 0.223 e. The summed E-state index contributed by atoms with van der Waals surface area (Å²) >= 11 is 0. The number of carbonyl (C=O) groups excluding carboxylic acids is 1. The molecular formula is C24H33NO3. The largest absolute Gasteiger partial charge is 0.389 e. The van der Waals surface area contributed by atoms with Crippen LogP contribution in [0.25, 0.3) is 0 Å². The number of nitrogens with zero attached hydrogens (tertiary/aromatic N) is 1. The Labute approximate surface area is 168 Å². The van der Waals surface area contributed by atoms with E-state index in [-0.39, 0.29) is 23.0 Å². The molecule has 4 saturated carbocycles. The fraction of sp³-hybridized carbons (Fsp3) is 0.708. The summed E-state index contributed by atoms with van der Waals surface area (Å²) in [5, 5.41) is 9.67. The van der Waals surface area contributed by atoms with Crippen molar-refractivity contribution in [1.29, 1.82) is 0 Å². The van der Waals surface area contributed by atoms with Gasteiger partial charge in [0.05, 0.1) is 11.7 Å². The molecule has 5 fully saturated rings. The van der Waals surface area contributed by atoms with Crippen LogP contribution in [0.4, 0.5) is 0 Å². The zero-order valence-corrected chi connectivity index (χ0v) is 17.0. The molecule has 0 spiro atoms. The number of ether oxygens (including phenoxy) is 1. The van der Waals surface area contributed by atoms with Gasteiger partial charge in [-0.2, -0.15) is 0 Å². The van der Waals surface area contributed by atoms with Crippen molar-refractivity contribution >= 4 is 5.91 Å². The molecule has 3 unspecified atom stereocenters. The number of likely N-dealkylation sites (tertiary alicyclic amines) is 1. The van der Waals surface area contributed by atoms with E-state index in [1.165, 1.54) is 31.2 Å². The molecule has 1 saturated heterocycles. The Morgan fingerprint density at radius 1 is 1.14 bits per heavy atom. The Hall–Kier alpha value is -1.39. The monoisotopic (exact) mass is 383 g/mol. The molecule has 1 aromatic carbocycles. The number of fused-ring (bicyclic) bond motifs is 1. The van der Waals surface area contributed by atoms with E-state index in [2.05, 4.69) is 30.3 Å². The van der Waals surface area contributed by atoms with Gasteiger partial charge in [-0.05, 0) is 67.3 Å². The van der Waals surface area contributed by atoms with E-state index in [0.717, 1.165) is 25.2 Å². The molecule has 4 heteroatoms. The molecule has 6 rings (SSSR count). The van der Waals surface area contributed by atoms with Crippen molar-refractivity contribution in [3.05, 3.63) is 35.9 Å². The summed E-state index contributed by atoms with van der Waals surface area (Å²) in [6, 6.07) is 10.8. The van der Waals surface area contributed by atoms with Crippen LogP contribution in [0.15, 0.2) is 30.3 Å². The van der Waals surface area contributed by atoms with Crippen LogP contribution in [0.5, 0.6) is 0 Å². The lowest BCUT2D eigenvalue weighted by Crippen LogP contribution is -2.59. The van der Waals surface area contributed by atoms with Crippen molar-refractivity contribution in [3.63, 3.8) is 0 Å². The molecule has 1 aromatic rings. The van der Waals surface area contributed by atoms with Crippen LogP contribution < -0.4 is 0 Å². The van der Waals surface area contributed by atoms with Gasteiger partial charge in [-0.1, -0.05) is 36.8 Å². The molecule has 0 radical (unpaired) electrons. The maximum absolute atomic E-state index is 13.2. The lowest BCUT2D eigenvalue weighted by Gasteiger charge is -2.58. The number of rotatable bonds is 5. The Morgan fingerprint density at radius 3 is 2.61 bits per heavy atom. The molecule has 4 nitrogen and oxygen atoms in total. The first-order chi connectivity index (χ1) is 13.5. The molecule has 5 aliphatic rings. The predicted molar refractivity (Wildman–Crippen MR) is 108 cm³/mol. The number of hydrogen-bond donors (Lipinski definition) is 1. The van der Waals surface area contributed by atoms with E-state index in [0.29, 0.717) is 31.3 Å². The highest BCUT2D eigenvalue weighted by Crippen LogP contribution is 2.64. The van der Waals surface area contributed by atoms with Crippen molar-refractivity contribution in [1.82, 2.24) is 4.90 Å². The maximum atomic E-state index is 13.2. The van der Waals surface area contributed by atoms with Crippen LogP contribution in [0, 0.1) is 23.2 Å². The van der Waals surface area contributed by atoms with E-state index in [1.54, 1.807) is 0 Å². The van der Waals surface area contributed by atoms with Gasteiger partial charge in [-0.15, -0.1) is 0 Å². The van der Waals surface area contributed by atoms with E-state index in [1.807, 2.05) is 12.0 Å². The molecule has 0 aromatic heterocycles. The quantitative estimate of drug-likeness (QED) is 0.848. The third-order valence-electron chi connectivity index (χ3n) is 8.57. The molecule has 1 N–H and O–H groups in total. The highest BCUT2D eigenvalue weighted by molar-refractivity contribution is 5.78. The van der Waals surface area contributed by atoms with Gasteiger partial charge in [0.2, 0.25) is 5.91 Å². The Kier molecular flexibility index (Phi) is 4.55. The second-order valence-corrected chi connectivity index (χ2v) is 10.1. The number of β-amino-alcohol motifs (C(OH)–C–C–N with tert-alkyl or cyclic N) is 1. The summed E-state index contributed by atoms with van der Waals surface area (Å²) in [5.74, 6) is 2.11. The van der Waals surface area contributed by atoms with Gasteiger partial charge >= 0.3 is 0 Å². The molecule has 1 amide bonds. The van der Waals surface area contributed by atoms with Gasteiger partial charge in [-0.25, -0.2) is 0 Å². The van der Waals surface area contributed by atoms with Gasteiger partial charge in [0.15, 0.2) is 0 Å². The van der Waals surface area contributed by atoms with E-state index in [9.17, 15) is 9.90 Å². The van der Waals surface area contributed by atoms with Crippen LogP contribution in [0.3, 0.4) is 0 Å². The molecule has 4 bridgehead atoms. The van der Waals surface area contributed by atoms with Crippen molar-refractivity contribution in [2.45, 2.75) is 63.1 Å². The van der Waals surface area contributed by atoms with E-state index < -0.39 is 0 Å². The summed E-state index contributed by atoms with van der Waals surface area (Å²) in [6.07, 6.45) is 8.52. The van der Waals surface area contributed by atoms with Crippen LogP contribution in [0.1, 0.15) is 50.5 Å². The number of aliphatic hydroxyl groups excluding tert-OH is 1. The number of carbonyl (C=O) groups is 1. The van der Waals surface area contributed by atoms with Crippen LogP contribution in [-0.4, -0.2) is 47.8 Å². The fourth-order valence-electron chi connectivity index (χ4n) is 7.18. The van der Waals surface area contributed by atoms with Crippen molar-refractivity contribution in [2.75, 3.05) is 20.2 Å². The summed E-state index contributed by atoms with van der Waals surface area (Å²) in [4.78, 5) is 15.1. The molecule has 5 atom stereocenters. The average Bonchev–Trinajstić information content (AvgIpc) is 2.86. The molecule has 28 heavy (non-hydrogen) atoms. The number of methoxy groups -OCH3 is 1. The van der Waals surface area contributed by atoms with Gasteiger partial charge in [0.1, 0.15) is 0 Å². The summed E-state index contributed by atoms with van der Waals surface area (Å²) in [5.41, 5.74) is 1.44. The number of hydrogen-bond acceptors (Lipinski definition) is 3. The van der Waals surface area contributed by atoms with Gasteiger partial charge < -0.3 is 14.7 Å². The van der Waals surface area contributed by atoms with Gasteiger partial charge in [0.25, 0.3) is 0 Å². The number of amides is 1. The first-order valence-electron chi connectivity index (χ1n) is 11.1. The zero-order valence-electron chi connectivity index (χ0n) is 17.0. The summed E-state index contributed by atoms with van der Waals surface area (Å²) < 4.78 is 6.14. The Balaban J connectivity index is 1.50. The minimum Gasteiger partial charge on any atom is -0.389 e. The smallest absolute Gasteiger partial charge is 0.223 e. The van der Waals surface area contributed by atoms with E-state index in [4.69, 9.17) is 4.74 Å². The highest BCUT2D eigenvalue weighted by atomic mass is 16.5. The SMILES string of the molecule is CO[C@]12CC3CCC(C1)[C@](CC(=O)N1CC(O)C1)(Cc1ccccc1)C(C3)C2. The van der Waals surface area contributed by atoms with Gasteiger partial charge in [-0.3, -0.25) is 4.79 Å². The number of benzene rings is 1. The lowest BCUT2D eigenvalue weighted by molar-refractivity contribution is -0.167. The average molecular weight is 384 g/mol. The molecular weight excluding hydrogens is 350 g/mol. The van der Waals surface area contributed by atoms with Crippen molar-refractivity contribution < 1.29 is 14.6 Å². The lowest BCUT2D eigenvalue weighted by atomic mass is 9.49. The number of aliphatic hydroxyl groups is 1.